The van der Waals surface area contributed by atoms with Crippen LogP contribution in [0, 0.1) is 0 Å². The van der Waals surface area contributed by atoms with Gasteiger partial charge in [0, 0.05) is 24.7 Å². The Morgan fingerprint density at radius 3 is 2.79 bits per heavy atom. The molecule has 1 aromatic heterocycles. The van der Waals surface area contributed by atoms with Crippen LogP contribution in [0.4, 0.5) is 0 Å². The lowest BCUT2D eigenvalue weighted by atomic mass is 9.98. The van der Waals surface area contributed by atoms with Crippen LogP contribution >= 0.6 is 15.9 Å². The van der Waals surface area contributed by atoms with E-state index in [0.717, 1.165) is 4.47 Å². The lowest BCUT2D eigenvalue weighted by Crippen LogP contribution is -2.31. The van der Waals surface area contributed by atoms with Crippen LogP contribution < -0.4 is 5.43 Å². The standard InChI is InChI=1S/C21H18BrNO5/c1-27-9-3-8-23-18(12-4-2-5-14(24)10-12)17-19(25)15-11-13(22)6-7-16(15)28-20(17)21(23)26/h2,4-7,10-11,18,24H,3,8-9H2,1H3. The molecule has 1 amide bonds. The molecule has 144 valence electrons. The van der Waals surface area contributed by atoms with Crippen molar-refractivity contribution in [2.24, 2.45) is 0 Å². The van der Waals surface area contributed by atoms with E-state index in [1.165, 1.54) is 0 Å². The highest BCUT2D eigenvalue weighted by Crippen LogP contribution is 2.39. The predicted molar refractivity (Wildman–Crippen MR) is 108 cm³/mol. The van der Waals surface area contributed by atoms with E-state index >= 15 is 0 Å². The molecular weight excluding hydrogens is 426 g/mol. The SMILES string of the molecule is COCCCN1C(=O)c2oc3ccc(Br)cc3c(=O)c2C1c1cccc(O)c1. The summed E-state index contributed by atoms with van der Waals surface area (Å²) in [5.74, 6) is -0.199. The molecule has 2 aromatic carbocycles. The minimum absolute atomic E-state index is 0.0607. The lowest BCUT2D eigenvalue weighted by molar-refractivity contribution is 0.0707. The number of halogens is 1. The summed E-state index contributed by atoms with van der Waals surface area (Å²) in [6.45, 7) is 0.889. The number of carbonyl (C=O) groups excluding carboxylic acids is 1. The zero-order chi connectivity index (χ0) is 19.8. The summed E-state index contributed by atoms with van der Waals surface area (Å²) in [7, 11) is 1.60. The van der Waals surface area contributed by atoms with Gasteiger partial charge in [-0.1, -0.05) is 28.1 Å². The second kappa shape index (κ2) is 7.41. The van der Waals surface area contributed by atoms with Gasteiger partial charge in [-0.15, -0.1) is 0 Å². The summed E-state index contributed by atoms with van der Waals surface area (Å²) in [6, 6.07) is 11.1. The summed E-state index contributed by atoms with van der Waals surface area (Å²) in [5.41, 5.74) is 1.09. The Kier molecular flexibility index (Phi) is 4.95. The van der Waals surface area contributed by atoms with E-state index in [1.54, 1.807) is 54.5 Å². The van der Waals surface area contributed by atoms with Crippen LogP contribution in [0.5, 0.6) is 5.75 Å². The molecular formula is C21H18BrNO5. The molecule has 1 N–H and O–H groups in total. The Morgan fingerprint density at radius 1 is 1.21 bits per heavy atom. The van der Waals surface area contributed by atoms with Gasteiger partial charge in [0.1, 0.15) is 11.3 Å². The van der Waals surface area contributed by atoms with Gasteiger partial charge < -0.3 is 19.2 Å². The van der Waals surface area contributed by atoms with Gasteiger partial charge >= 0.3 is 0 Å². The molecule has 0 radical (unpaired) electrons. The molecule has 0 aliphatic carbocycles. The molecule has 3 aromatic rings. The maximum Gasteiger partial charge on any atom is 0.290 e. The van der Waals surface area contributed by atoms with Gasteiger partial charge in [0.25, 0.3) is 5.91 Å². The van der Waals surface area contributed by atoms with Crippen LogP contribution in [-0.2, 0) is 4.74 Å². The van der Waals surface area contributed by atoms with Crippen LogP contribution in [0.1, 0.15) is 34.1 Å². The summed E-state index contributed by atoms with van der Waals surface area (Å²) < 4.78 is 11.7. The Balaban J connectivity index is 1.93. The van der Waals surface area contributed by atoms with Crippen molar-refractivity contribution in [1.29, 1.82) is 0 Å². The van der Waals surface area contributed by atoms with E-state index in [2.05, 4.69) is 15.9 Å². The molecule has 1 unspecified atom stereocenters. The molecule has 6 nitrogen and oxygen atoms in total. The molecule has 0 bridgehead atoms. The summed E-state index contributed by atoms with van der Waals surface area (Å²) >= 11 is 3.38. The molecule has 0 fully saturated rings. The normalized spacial score (nSPS) is 16.0. The van der Waals surface area contributed by atoms with Crippen LogP contribution in [0.3, 0.4) is 0 Å². The second-order valence-electron chi connectivity index (χ2n) is 6.66. The van der Waals surface area contributed by atoms with Crippen LogP contribution in [0.2, 0.25) is 0 Å². The maximum absolute atomic E-state index is 13.3. The van der Waals surface area contributed by atoms with Crippen molar-refractivity contribution in [3.63, 3.8) is 0 Å². The molecule has 1 atom stereocenters. The van der Waals surface area contributed by atoms with E-state index in [-0.39, 0.29) is 22.8 Å². The number of rotatable bonds is 5. The van der Waals surface area contributed by atoms with Gasteiger partial charge in [0.2, 0.25) is 5.76 Å². The molecule has 0 saturated carbocycles. The van der Waals surface area contributed by atoms with Crippen LogP contribution in [0.15, 0.2) is 56.1 Å². The Hall–Kier alpha value is -2.64. The van der Waals surface area contributed by atoms with Gasteiger partial charge in [-0.05, 0) is 42.3 Å². The highest BCUT2D eigenvalue weighted by atomic mass is 79.9. The Bertz CT molecular complexity index is 1120. The van der Waals surface area contributed by atoms with Crippen molar-refractivity contribution >= 4 is 32.8 Å². The monoisotopic (exact) mass is 443 g/mol. The number of benzene rings is 2. The number of fused-ring (bicyclic) bond motifs is 2. The molecule has 28 heavy (non-hydrogen) atoms. The first-order valence-corrected chi connectivity index (χ1v) is 9.65. The quantitative estimate of drug-likeness (QED) is 0.605. The number of amides is 1. The Labute approximate surface area is 169 Å². The second-order valence-corrected chi connectivity index (χ2v) is 7.57. The van der Waals surface area contributed by atoms with E-state index in [1.807, 2.05) is 0 Å². The van der Waals surface area contributed by atoms with E-state index < -0.39 is 6.04 Å². The number of aromatic hydroxyl groups is 1. The van der Waals surface area contributed by atoms with Crippen molar-refractivity contribution < 1.29 is 19.1 Å². The van der Waals surface area contributed by atoms with Crippen molar-refractivity contribution in [3.8, 4) is 5.75 Å². The molecule has 4 rings (SSSR count). The van der Waals surface area contributed by atoms with Crippen molar-refractivity contribution in [2.75, 3.05) is 20.3 Å². The first-order chi connectivity index (χ1) is 13.5. The highest BCUT2D eigenvalue weighted by molar-refractivity contribution is 9.10. The maximum atomic E-state index is 13.3. The number of phenolic OH excluding ortho intramolecular Hbond substituents is 1. The molecule has 1 aliphatic rings. The number of hydrogen-bond donors (Lipinski definition) is 1. The number of phenols is 1. The van der Waals surface area contributed by atoms with E-state index in [4.69, 9.17) is 9.15 Å². The molecule has 2 heterocycles. The van der Waals surface area contributed by atoms with Gasteiger partial charge in [-0.2, -0.15) is 0 Å². The molecule has 1 aliphatic heterocycles. The summed E-state index contributed by atoms with van der Waals surface area (Å²) in [5, 5.41) is 10.3. The first kappa shape index (κ1) is 18.7. The predicted octanol–water partition coefficient (Wildman–Crippen LogP) is 3.84. The zero-order valence-corrected chi connectivity index (χ0v) is 16.7. The topological polar surface area (TPSA) is 80.0 Å². The number of ether oxygens (including phenoxy) is 1. The fraction of sp³-hybridized carbons (Fsp3) is 0.238. The third kappa shape index (κ3) is 3.10. The molecule has 0 spiro atoms. The zero-order valence-electron chi connectivity index (χ0n) is 15.1. The van der Waals surface area contributed by atoms with Gasteiger partial charge in [0.05, 0.1) is 17.0 Å². The van der Waals surface area contributed by atoms with Gasteiger partial charge in [-0.3, -0.25) is 9.59 Å². The first-order valence-electron chi connectivity index (χ1n) is 8.86. The highest BCUT2D eigenvalue weighted by Gasteiger charge is 2.42. The molecule has 7 heteroatoms. The van der Waals surface area contributed by atoms with Crippen LogP contribution in [0.25, 0.3) is 11.0 Å². The third-order valence-corrected chi connectivity index (χ3v) is 5.35. The summed E-state index contributed by atoms with van der Waals surface area (Å²) in [6.07, 6.45) is 0.616. The average Bonchev–Trinajstić information content (AvgIpc) is 2.95. The van der Waals surface area contributed by atoms with Crippen molar-refractivity contribution in [3.05, 3.63) is 74.0 Å². The molecule has 0 saturated heterocycles. The van der Waals surface area contributed by atoms with E-state index in [0.29, 0.717) is 41.7 Å². The Morgan fingerprint density at radius 2 is 2.04 bits per heavy atom. The number of hydrogen-bond acceptors (Lipinski definition) is 5. The smallest absolute Gasteiger partial charge is 0.290 e. The minimum Gasteiger partial charge on any atom is -0.508 e. The largest absolute Gasteiger partial charge is 0.508 e. The van der Waals surface area contributed by atoms with Crippen molar-refractivity contribution in [2.45, 2.75) is 12.5 Å². The average molecular weight is 444 g/mol. The number of methoxy groups -OCH3 is 1. The van der Waals surface area contributed by atoms with Crippen LogP contribution in [-0.4, -0.2) is 36.2 Å². The third-order valence-electron chi connectivity index (χ3n) is 4.86. The lowest BCUT2D eigenvalue weighted by Gasteiger charge is -2.25. The van der Waals surface area contributed by atoms with Gasteiger partial charge in [-0.25, -0.2) is 0 Å². The minimum atomic E-state index is -0.619. The summed E-state index contributed by atoms with van der Waals surface area (Å²) in [4.78, 5) is 28.0. The fourth-order valence-electron chi connectivity index (χ4n) is 3.64. The number of nitrogens with zero attached hydrogens (tertiary/aromatic N) is 1. The number of carbonyl (C=O) groups is 1. The van der Waals surface area contributed by atoms with Gasteiger partial charge in [0.15, 0.2) is 5.43 Å². The fourth-order valence-corrected chi connectivity index (χ4v) is 4.00. The van der Waals surface area contributed by atoms with E-state index in [9.17, 15) is 14.7 Å². The van der Waals surface area contributed by atoms with Crippen molar-refractivity contribution in [1.82, 2.24) is 4.90 Å².